The first-order chi connectivity index (χ1) is 6.06. The van der Waals surface area contributed by atoms with E-state index in [1.165, 1.54) is 6.07 Å². The van der Waals surface area contributed by atoms with Crippen LogP contribution in [-0.2, 0) is 5.88 Å². The Morgan fingerprint density at radius 2 is 2.08 bits per heavy atom. The van der Waals surface area contributed by atoms with Crippen molar-refractivity contribution >= 4 is 43.5 Å². The third-order valence-corrected chi connectivity index (χ3v) is 3.58. The van der Waals surface area contributed by atoms with Gasteiger partial charge in [0, 0.05) is 5.56 Å². The Kier molecular flexibility index (Phi) is 4.06. The van der Waals surface area contributed by atoms with E-state index in [1.54, 1.807) is 0 Å². The van der Waals surface area contributed by atoms with Gasteiger partial charge in [-0.3, -0.25) is 0 Å². The fourth-order valence-electron chi connectivity index (χ4n) is 0.797. The zero-order valence-electron chi connectivity index (χ0n) is 6.20. The van der Waals surface area contributed by atoms with E-state index >= 15 is 0 Å². The molecule has 0 saturated heterocycles. The molecule has 0 radical (unpaired) electrons. The quantitative estimate of drug-likeness (QED) is 0.581. The van der Waals surface area contributed by atoms with Gasteiger partial charge in [0.15, 0.2) is 0 Å². The first kappa shape index (κ1) is 11.3. The third-order valence-electron chi connectivity index (χ3n) is 1.37. The molecule has 1 nitrogen and oxygen atoms in total. The van der Waals surface area contributed by atoms with Crippen LogP contribution in [0, 0.1) is 0 Å². The van der Waals surface area contributed by atoms with Crippen molar-refractivity contribution in [2.24, 2.45) is 0 Å². The lowest BCUT2D eigenvalue weighted by molar-refractivity contribution is 0.150. The van der Waals surface area contributed by atoms with Crippen molar-refractivity contribution in [1.82, 2.24) is 4.98 Å². The number of nitrogens with zero attached hydrogens (tertiary/aromatic N) is 1. The van der Waals surface area contributed by atoms with Crippen molar-refractivity contribution in [3.05, 3.63) is 26.4 Å². The summed E-state index contributed by atoms with van der Waals surface area (Å²) in [7, 11) is 0. The van der Waals surface area contributed by atoms with Crippen LogP contribution in [0.15, 0.2) is 15.1 Å². The Bertz CT molecular complexity index is 320. The molecule has 0 N–H and O–H groups in total. The maximum atomic E-state index is 12.4. The van der Waals surface area contributed by atoms with Crippen LogP contribution in [0.4, 0.5) is 8.78 Å². The molecular formula is C7H4Br2ClF2N. The predicted octanol–water partition coefficient (Wildman–Crippen LogP) is 4.28. The number of halogens is 5. The number of aromatic nitrogens is 1. The van der Waals surface area contributed by atoms with Crippen molar-refractivity contribution in [1.29, 1.82) is 0 Å². The van der Waals surface area contributed by atoms with Crippen LogP contribution >= 0.6 is 43.5 Å². The number of rotatable bonds is 2. The second-order valence-corrected chi connectivity index (χ2v) is 4.05. The molecule has 0 aliphatic heterocycles. The molecular weight excluding hydrogens is 331 g/mol. The molecule has 1 aromatic heterocycles. The zero-order chi connectivity index (χ0) is 10.0. The van der Waals surface area contributed by atoms with Crippen molar-refractivity contribution in [2.45, 2.75) is 12.3 Å². The van der Waals surface area contributed by atoms with E-state index in [0.717, 1.165) is 0 Å². The van der Waals surface area contributed by atoms with E-state index in [1.807, 2.05) is 0 Å². The molecule has 0 spiro atoms. The summed E-state index contributed by atoms with van der Waals surface area (Å²) in [6.07, 6.45) is -2.53. The van der Waals surface area contributed by atoms with Gasteiger partial charge in [0.25, 0.3) is 6.43 Å². The fourth-order valence-corrected chi connectivity index (χ4v) is 1.77. The second kappa shape index (κ2) is 4.66. The van der Waals surface area contributed by atoms with Crippen LogP contribution in [0.5, 0.6) is 0 Å². The number of alkyl halides is 3. The van der Waals surface area contributed by atoms with Gasteiger partial charge in [0.1, 0.15) is 4.60 Å². The number of hydrogen-bond acceptors (Lipinski definition) is 1. The van der Waals surface area contributed by atoms with Gasteiger partial charge < -0.3 is 0 Å². The summed E-state index contributed by atoms with van der Waals surface area (Å²) >= 11 is 11.6. The lowest BCUT2D eigenvalue weighted by Gasteiger charge is -2.06. The molecule has 0 unspecified atom stereocenters. The van der Waals surface area contributed by atoms with Crippen molar-refractivity contribution in [3.8, 4) is 0 Å². The van der Waals surface area contributed by atoms with Crippen LogP contribution < -0.4 is 0 Å². The SMILES string of the molecule is FC(F)c1cc(CCl)nc(Br)c1Br. The van der Waals surface area contributed by atoms with Crippen LogP contribution in [-0.4, -0.2) is 4.98 Å². The molecule has 1 heterocycles. The standard InChI is InChI=1S/C7H4Br2ClF2N/c8-5-4(7(11)12)1-3(2-10)13-6(5)9/h1,7H,2H2. The number of pyridine rings is 1. The smallest absolute Gasteiger partial charge is 0.243 e. The summed E-state index contributed by atoms with van der Waals surface area (Å²) in [6.45, 7) is 0. The van der Waals surface area contributed by atoms with Gasteiger partial charge in [-0.05, 0) is 37.9 Å². The molecule has 72 valence electrons. The summed E-state index contributed by atoms with van der Waals surface area (Å²) < 4.78 is 25.4. The Morgan fingerprint density at radius 3 is 2.54 bits per heavy atom. The second-order valence-electron chi connectivity index (χ2n) is 2.24. The lowest BCUT2D eigenvalue weighted by atomic mass is 10.2. The molecule has 0 fully saturated rings. The highest BCUT2D eigenvalue weighted by Crippen LogP contribution is 2.32. The van der Waals surface area contributed by atoms with E-state index in [2.05, 4.69) is 36.8 Å². The molecule has 0 aromatic carbocycles. The molecule has 0 bridgehead atoms. The van der Waals surface area contributed by atoms with Crippen LogP contribution in [0.25, 0.3) is 0 Å². The first-order valence-corrected chi connectivity index (χ1v) is 5.37. The number of hydrogen-bond donors (Lipinski definition) is 0. The maximum absolute atomic E-state index is 12.4. The van der Waals surface area contributed by atoms with E-state index < -0.39 is 6.43 Å². The summed E-state index contributed by atoms with van der Waals surface area (Å²) in [5.41, 5.74) is 0.324. The summed E-state index contributed by atoms with van der Waals surface area (Å²) in [5, 5.41) is 0. The van der Waals surface area contributed by atoms with E-state index in [4.69, 9.17) is 11.6 Å². The Labute approximate surface area is 95.8 Å². The molecule has 0 amide bonds. The summed E-state index contributed by atoms with van der Waals surface area (Å²) in [6, 6.07) is 1.28. The van der Waals surface area contributed by atoms with Crippen LogP contribution in [0.2, 0.25) is 0 Å². The van der Waals surface area contributed by atoms with Gasteiger partial charge in [-0.2, -0.15) is 0 Å². The monoisotopic (exact) mass is 333 g/mol. The summed E-state index contributed by atoms with van der Waals surface area (Å²) in [5.74, 6) is 0.117. The molecule has 1 rings (SSSR count). The molecule has 6 heteroatoms. The van der Waals surface area contributed by atoms with Crippen molar-refractivity contribution in [2.75, 3.05) is 0 Å². The molecule has 0 aliphatic rings. The first-order valence-electron chi connectivity index (χ1n) is 3.25. The van der Waals surface area contributed by atoms with Gasteiger partial charge in [0.2, 0.25) is 0 Å². The van der Waals surface area contributed by atoms with Gasteiger partial charge in [-0.15, -0.1) is 11.6 Å². The Balaban J connectivity index is 3.25. The summed E-state index contributed by atoms with van der Waals surface area (Å²) in [4.78, 5) is 3.94. The fraction of sp³-hybridized carbons (Fsp3) is 0.286. The minimum Gasteiger partial charge on any atom is -0.243 e. The highest BCUT2D eigenvalue weighted by atomic mass is 79.9. The molecule has 1 aromatic rings. The Hall–Kier alpha value is 0.260. The lowest BCUT2D eigenvalue weighted by Crippen LogP contribution is -1.94. The highest BCUT2D eigenvalue weighted by molar-refractivity contribution is 9.13. The van der Waals surface area contributed by atoms with Gasteiger partial charge in [-0.25, -0.2) is 13.8 Å². The van der Waals surface area contributed by atoms with Crippen LogP contribution in [0.1, 0.15) is 17.7 Å². The molecule has 13 heavy (non-hydrogen) atoms. The predicted molar refractivity (Wildman–Crippen MR) is 54.2 cm³/mol. The van der Waals surface area contributed by atoms with E-state index in [0.29, 0.717) is 10.3 Å². The van der Waals surface area contributed by atoms with E-state index in [-0.39, 0.29) is 15.9 Å². The van der Waals surface area contributed by atoms with Crippen molar-refractivity contribution < 1.29 is 8.78 Å². The highest BCUT2D eigenvalue weighted by Gasteiger charge is 2.15. The molecule has 0 saturated carbocycles. The average Bonchev–Trinajstić information content (AvgIpc) is 2.09. The molecule has 0 aliphatic carbocycles. The molecule has 0 atom stereocenters. The Morgan fingerprint density at radius 1 is 1.46 bits per heavy atom. The van der Waals surface area contributed by atoms with Crippen LogP contribution in [0.3, 0.4) is 0 Å². The minimum absolute atomic E-state index is 0.0995. The van der Waals surface area contributed by atoms with E-state index in [9.17, 15) is 8.78 Å². The minimum atomic E-state index is -2.53. The van der Waals surface area contributed by atoms with Gasteiger partial charge >= 0.3 is 0 Å². The average molecular weight is 335 g/mol. The van der Waals surface area contributed by atoms with Gasteiger partial charge in [0.05, 0.1) is 16.0 Å². The normalized spacial score (nSPS) is 10.9. The maximum Gasteiger partial charge on any atom is 0.265 e. The third kappa shape index (κ3) is 2.60. The topological polar surface area (TPSA) is 12.9 Å². The van der Waals surface area contributed by atoms with Crippen molar-refractivity contribution in [3.63, 3.8) is 0 Å². The van der Waals surface area contributed by atoms with Gasteiger partial charge in [-0.1, -0.05) is 0 Å². The zero-order valence-corrected chi connectivity index (χ0v) is 10.1. The largest absolute Gasteiger partial charge is 0.265 e.